The highest BCUT2D eigenvalue weighted by Crippen LogP contribution is 2.27. The molecule has 1 aromatic heterocycles. The number of halogens is 1. The third-order valence-electron chi connectivity index (χ3n) is 2.99. The molecule has 1 aromatic carbocycles. The summed E-state index contributed by atoms with van der Waals surface area (Å²) in [5, 5.41) is 10.2. The monoisotopic (exact) mass is 322 g/mol. The molecule has 8 heteroatoms. The van der Waals surface area contributed by atoms with E-state index in [4.69, 9.17) is 11.6 Å². The maximum Gasteiger partial charge on any atom is 0.319 e. The van der Waals surface area contributed by atoms with Crippen LogP contribution in [0.2, 0.25) is 5.02 Å². The van der Waals surface area contributed by atoms with Gasteiger partial charge in [-0.2, -0.15) is 5.10 Å². The number of benzene rings is 1. The van der Waals surface area contributed by atoms with E-state index in [9.17, 15) is 4.79 Å². The van der Waals surface area contributed by atoms with Crippen molar-refractivity contribution in [3.63, 3.8) is 0 Å². The van der Waals surface area contributed by atoms with E-state index in [1.165, 1.54) is 6.33 Å². The molecule has 22 heavy (non-hydrogen) atoms. The number of nitrogens with one attached hydrogen (secondary N) is 2. The Kier molecular flexibility index (Phi) is 5.21. The zero-order valence-corrected chi connectivity index (χ0v) is 13.5. The standard InChI is InChI=1S/C14H19ClN6O/c1-10(7-21-9-16-8-17-21)18-14(22)19-12-6-11(15)4-5-13(12)20(2)3/h4-6,8-10H,7H2,1-3H3,(H2,18,19,22). The van der Waals surface area contributed by atoms with E-state index in [-0.39, 0.29) is 12.1 Å². The number of aromatic nitrogens is 3. The first-order chi connectivity index (χ1) is 10.5. The number of carbonyl (C=O) groups excluding carboxylic acids is 1. The van der Waals surface area contributed by atoms with Crippen LogP contribution in [0.15, 0.2) is 30.9 Å². The molecular weight excluding hydrogens is 304 g/mol. The lowest BCUT2D eigenvalue weighted by Gasteiger charge is -2.20. The molecule has 2 rings (SSSR count). The van der Waals surface area contributed by atoms with Gasteiger partial charge in [0.1, 0.15) is 12.7 Å². The summed E-state index contributed by atoms with van der Waals surface area (Å²) in [6.45, 7) is 2.44. The van der Waals surface area contributed by atoms with E-state index in [2.05, 4.69) is 20.7 Å². The largest absolute Gasteiger partial charge is 0.376 e. The molecule has 7 nitrogen and oxygen atoms in total. The fourth-order valence-corrected chi connectivity index (χ4v) is 2.21. The number of carbonyl (C=O) groups is 1. The van der Waals surface area contributed by atoms with Gasteiger partial charge in [0.2, 0.25) is 0 Å². The van der Waals surface area contributed by atoms with Crippen molar-refractivity contribution < 1.29 is 4.79 Å². The second kappa shape index (κ2) is 7.13. The second-order valence-corrected chi connectivity index (χ2v) is 5.61. The molecule has 0 aliphatic rings. The van der Waals surface area contributed by atoms with Crippen LogP contribution in [0.1, 0.15) is 6.92 Å². The predicted octanol–water partition coefficient (Wildman–Crippen LogP) is 2.21. The molecule has 2 N–H and O–H groups in total. The zero-order chi connectivity index (χ0) is 16.1. The molecule has 0 fully saturated rings. The maximum atomic E-state index is 12.1. The Morgan fingerprint density at radius 2 is 2.23 bits per heavy atom. The molecule has 0 aliphatic carbocycles. The highest BCUT2D eigenvalue weighted by molar-refractivity contribution is 6.31. The fourth-order valence-electron chi connectivity index (χ4n) is 2.03. The van der Waals surface area contributed by atoms with Crippen molar-refractivity contribution in [3.8, 4) is 0 Å². The molecule has 1 heterocycles. The smallest absolute Gasteiger partial charge is 0.319 e. The molecule has 118 valence electrons. The molecule has 1 atom stereocenters. The molecule has 0 radical (unpaired) electrons. The minimum Gasteiger partial charge on any atom is -0.376 e. The minimum atomic E-state index is -0.294. The summed E-state index contributed by atoms with van der Waals surface area (Å²) in [7, 11) is 3.80. The number of urea groups is 1. The Balaban J connectivity index is 1.98. The van der Waals surface area contributed by atoms with Crippen LogP contribution in [0, 0.1) is 0 Å². The number of hydrogen-bond donors (Lipinski definition) is 2. The third kappa shape index (κ3) is 4.36. The zero-order valence-electron chi connectivity index (χ0n) is 12.7. The first-order valence-corrected chi connectivity index (χ1v) is 7.20. The normalized spacial score (nSPS) is 11.8. The fraction of sp³-hybridized carbons (Fsp3) is 0.357. The summed E-state index contributed by atoms with van der Waals surface area (Å²) >= 11 is 6.00. The van der Waals surface area contributed by atoms with Crippen molar-refractivity contribution in [2.75, 3.05) is 24.3 Å². The number of rotatable bonds is 5. The van der Waals surface area contributed by atoms with Crippen LogP contribution in [-0.4, -0.2) is 40.9 Å². The molecular formula is C14H19ClN6O. The molecule has 2 amide bonds. The van der Waals surface area contributed by atoms with Crippen molar-refractivity contribution >= 4 is 29.0 Å². The van der Waals surface area contributed by atoms with E-state index in [1.807, 2.05) is 32.0 Å². The van der Waals surface area contributed by atoms with Crippen LogP contribution in [0.4, 0.5) is 16.2 Å². The number of anilines is 2. The molecule has 2 aromatic rings. The first kappa shape index (κ1) is 16.1. The molecule has 0 aliphatic heterocycles. The molecule has 0 saturated carbocycles. The lowest BCUT2D eigenvalue weighted by molar-refractivity contribution is 0.247. The summed E-state index contributed by atoms with van der Waals surface area (Å²) in [6.07, 6.45) is 3.07. The summed E-state index contributed by atoms with van der Waals surface area (Å²) < 4.78 is 1.66. The van der Waals surface area contributed by atoms with E-state index < -0.39 is 0 Å². The molecule has 1 unspecified atom stereocenters. The molecule has 0 saturated heterocycles. The van der Waals surface area contributed by atoms with Crippen LogP contribution >= 0.6 is 11.6 Å². The Morgan fingerprint density at radius 1 is 1.45 bits per heavy atom. The molecule has 0 spiro atoms. The van der Waals surface area contributed by atoms with Gasteiger partial charge in [0, 0.05) is 25.2 Å². The number of hydrogen-bond acceptors (Lipinski definition) is 4. The second-order valence-electron chi connectivity index (χ2n) is 5.17. The van der Waals surface area contributed by atoms with Crippen molar-refractivity contribution in [1.82, 2.24) is 20.1 Å². The molecule has 0 bridgehead atoms. The van der Waals surface area contributed by atoms with Gasteiger partial charge < -0.3 is 15.5 Å². The van der Waals surface area contributed by atoms with Gasteiger partial charge in [-0.1, -0.05) is 11.6 Å². The van der Waals surface area contributed by atoms with Gasteiger partial charge in [0.25, 0.3) is 0 Å². The lowest BCUT2D eigenvalue weighted by Crippen LogP contribution is -2.38. The van der Waals surface area contributed by atoms with Gasteiger partial charge >= 0.3 is 6.03 Å². The van der Waals surface area contributed by atoms with Crippen molar-refractivity contribution in [1.29, 1.82) is 0 Å². The number of nitrogens with zero attached hydrogens (tertiary/aromatic N) is 4. The Hall–Kier alpha value is -2.28. The maximum absolute atomic E-state index is 12.1. The minimum absolute atomic E-state index is 0.0938. The van der Waals surface area contributed by atoms with Gasteiger partial charge in [0.15, 0.2) is 0 Å². The van der Waals surface area contributed by atoms with E-state index >= 15 is 0 Å². The topological polar surface area (TPSA) is 75.1 Å². The SMILES string of the molecule is CC(Cn1cncn1)NC(=O)Nc1cc(Cl)ccc1N(C)C. The van der Waals surface area contributed by atoms with Gasteiger partial charge in [-0.05, 0) is 25.1 Å². The Labute approximate surface area is 134 Å². The van der Waals surface area contributed by atoms with Gasteiger partial charge in [0.05, 0.1) is 17.9 Å². The van der Waals surface area contributed by atoms with E-state index in [0.717, 1.165) is 5.69 Å². The van der Waals surface area contributed by atoms with Gasteiger partial charge in [-0.25, -0.2) is 9.78 Å². The van der Waals surface area contributed by atoms with Crippen LogP contribution in [-0.2, 0) is 6.54 Å². The lowest BCUT2D eigenvalue weighted by atomic mass is 10.2. The summed E-state index contributed by atoms with van der Waals surface area (Å²) in [5.74, 6) is 0. The quantitative estimate of drug-likeness (QED) is 0.885. The van der Waals surface area contributed by atoms with E-state index in [1.54, 1.807) is 23.1 Å². The van der Waals surface area contributed by atoms with Crippen molar-refractivity contribution in [2.45, 2.75) is 19.5 Å². The summed E-state index contributed by atoms with van der Waals surface area (Å²) in [6, 6.07) is 4.98. The van der Waals surface area contributed by atoms with Gasteiger partial charge in [-0.3, -0.25) is 4.68 Å². The van der Waals surface area contributed by atoms with Crippen LogP contribution in [0.3, 0.4) is 0 Å². The van der Waals surface area contributed by atoms with Crippen LogP contribution in [0.5, 0.6) is 0 Å². The van der Waals surface area contributed by atoms with Crippen molar-refractivity contribution in [3.05, 3.63) is 35.9 Å². The average Bonchev–Trinajstić information content (AvgIpc) is 2.90. The highest BCUT2D eigenvalue weighted by Gasteiger charge is 2.12. The summed E-state index contributed by atoms with van der Waals surface area (Å²) in [4.78, 5) is 17.9. The van der Waals surface area contributed by atoms with E-state index in [0.29, 0.717) is 17.3 Å². The predicted molar refractivity (Wildman–Crippen MR) is 87.4 cm³/mol. The highest BCUT2D eigenvalue weighted by atomic mass is 35.5. The van der Waals surface area contributed by atoms with Crippen LogP contribution in [0.25, 0.3) is 0 Å². The van der Waals surface area contributed by atoms with Crippen molar-refractivity contribution in [2.24, 2.45) is 0 Å². The summed E-state index contributed by atoms with van der Waals surface area (Å²) in [5.41, 5.74) is 1.53. The van der Waals surface area contributed by atoms with Gasteiger partial charge in [-0.15, -0.1) is 0 Å². The third-order valence-corrected chi connectivity index (χ3v) is 3.23. The first-order valence-electron chi connectivity index (χ1n) is 6.82. The van der Waals surface area contributed by atoms with Crippen LogP contribution < -0.4 is 15.5 Å². The Bertz CT molecular complexity index is 628. The average molecular weight is 323 g/mol. The Morgan fingerprint density at radius 3 is 2.86 bits per heavy atom. The number of amides is 2.